The summed E-state index contributed by atoms with van der Waals surface area (Å²) in [5, 5.41) is 3.23. The molecule has 3 rings (SSSR count). The molecule has 6 nitrogen and oxygen atoms in total. The molecule has 0 spiro atoms. The summed E-state index contributed by atoms with van der Waals surface area (Å²) in [6, 6.07) is 5.02. The van der Waals surface area contributed by atoms with Gasteiger partial charge in [-0.05, 0) is 51.3 Å². The van der Waals surface area contributed by atoms with Crippen molar-refractivity contribution in [2.24, 2.45) is 0 Å². The number of rotatable bonds is 3. The first-order valence-electron chi connectivity index (χ1n) is 9.37. The molecule has 0 bridgehead atoms. The Balaban J connectivity index is 1.48. The van der Waals surface area contributed by atoms with Crippen LogP contribution in [0.25, 0.3) is 0 Å². The number of nitrogens with one attached hydrogen (secondary N) is 1. The topological polar surface area (TPSA) is 57.7 Å². The second-order valence-corrected chi connectivity index (χ2v) is 7.36. The fraction of sp³-hybridized carbons (Fsp3) is 0.684. The van der Waals surface area contributed by atoms with E-state index in [9.17, 15) is 4.79 Å². The fourth-order valence-corrected chi connectivity index (χ4v) is 3.73. The third-order valence-corrected chi connectivity index (χ3v) is 5.46. The minimum absolute atomic E-state index is 0.0586. The molecule has 3 atom stereocenters. The molecule has 0 radical (unpaired) electrons. The van der Waals surface area contributed by atoms with Crippen LogP contribution in [0.15, 0.2) is 24.5 Å². The van der Waals surface area contributed by atoms with Crippen molar-refractivity contribution in [3.63, 3.8) is 0 Å². The van der Waals surface area contributed by atoms with Gasteiger partial charge in [-0.1, -0.05) is 0 Å². The van der Waals surface area contributed by atoms with Crippen molar-refractivity contribution in [1.29, 1.82) is 0 Å². The van der Waals surface area contributed by atoms with E-state index < -0.39 is 0 Å². The van der Waals surface area contributed by atoms with Gasteiger partial charge in [0.1, 0.15) is 0 Å². The van der Waals surface area contributed by atoms with Gasteiger partial charge < -0.3 is 15.0 Å². The highest BCUT2D eigenvalue weighted by Crippen LogP contribution is 2.24. The maximum absolute atomic E-state index is 12.6. The number of morpholine rings is 1. The minimum atomic E-state index is 0.0586. The molecule has 2 amide bonds. The number of ether oxygens (including phenoxy) is 1. The Bertz CT molecular complexity index is 560. The van der Waals surface area contributed by atoms with E-state index in [2.05, 4.69) is 34.3 Å². The van der Waals surface area contributed by atoms with Gasteiger partial charge in [-0.25, -0.2) is 4.79 Å². The highest BCUT2D eigenvalue weighted by Gasteiger charge is 2.30. The molecule has 2 aliphatic rings. The second kappa shape index (κ2) is 8.15. The zero-order chi connectivity index (χ0) is 17.8. The number of carbonyl (C=O) groups excluding carboxylic acids is 1. The van der Waals surface area contributed by atoms with Gasteiger partial charge in [-0.15, -0.1) is 0 Å². The third-order valence-electron chi connectivity index (χ3n) is 5.46. The number of pyridine rings is 1. The molecule has 1 N–H and O–H groups in total. The summed E-state index contributed by atoms with van der Waals surface area (Å²) in [6.45, 7) is 9.61. The Morgan fingerprint density at radius 2 is 1.96 bits per heavy atom. The van der Waals surface area contributed by atoms with Crippen molar-refractivity contribution in [2.45, 2.75) is 57.8 Å². The van der Waals surface area contributed by atoms with Crippen LogP contribution < -0.4 is 5.32 Å². The van der Waals surface area contributed by atoms with Crippen LogP contribution in [0, 0.1) is 0 Å². The Labute approximate surface area is 150 Å². The largest absolute Gasteiger partial charge is 0.375 e. The zero-order valence-electron chi connectivity index (χ0n) is 15.5. The summed E-state index contributed by atoms with van der Waals surface area (Å²) in [7, 11) is 0. The molecule has 138 valence electrons. The van der Waals surface area contributed by atoms with Crippen LogP contribution in [0.5, 0.6) is 0 Å². The molecule has 1 aromatic heterocycles. The highest BCUT2D eigenvalue weighted by atomic mass is 16.5. The lowest BCUT2D eigenvalue weighted by Crippen LogP contribution is -2.56. The van der Waals surface area contributed by atoms with E-state index in [1.165, 1.54) is 5.56 Å². The number of urea groups is 1. The van der Waals surface area contributed by atoms with Gasteiger partial charge in [-0.2, -0.15) is 0 Å². The summed E-state index contributed by atoms with van der Waals surface area (Å²) in [5.41, 5.74) is 1.30. The highest BCUT2D eigenvalue weighted by molar-refractivity contribution is 5.75. The molecule has 2 aliphatic heterocycles. The predicted octanol–water partition coefficient (Wildman–Crippen LogP) is 2.43. The van der Waals surface area contributed by atoms with Gasteiger partial charge in [0.15, 0.2) is 0 Å². The Morgan fingerprint density at radius 1 is 1.28 bits per heavy atom. The average molecular weight is 346 g/mol. The van der Waals surface area contributed by atoms with Crippen LogP contribution in [0.2, 0.25) is 0 Å². The number of carbonyl (C=O) groups is 1. The Morgan fingerprint density at radius 3 is 2.64 bits per heavy atom. The Hall–Kier alpha value is -1.66. The fourth-order valence-electron chi connectivity index (χ4n) is 3.73. The van der Waals surface area contributed by atoms with Crippen molar-refractivity contribution in [3.05, 3.63) is 30.1 Å². The molecule has 0 saturated carbocycles. The number of hydrogen-bond donors (Lipinski definition) is 1. The van der Waals surface area contributed by atoms with Crippen LogP contribution >= 0.6 is 0 Å². The number of likely N-dealkylation sites (tertiary alicyclic amines) is 1. The number of amides is 2. The van der Waals surface area contributed by atoms with Crippen molar-refractivity contribution in [3.8, 4) is 0 Å². The predicted molar refractivity (Wildman–Crippen MR) is 97.4 cm³/mol. The standard InChI is InChI=1S/C19H30N4O2/c1-14-13-25-15(2)12-23(14)19(24)21-18-6-10-22(11-7-18)16(3)17-4-8-20-9-5-17/h4-5,8-9,14-16,18H,6-7,10-13H2,1-3H3,(H,21,24)/t14-,15-,16+/m1/s1. The van der Waals surface area contributed by atoms with E-state index in [-0.39, 0.29) is 24.2 Å². The van der Waals surface area contributed by atoms with Crippen LogP contribution in [0.1, 0.15) is 45.2 Å². The van der Waals surface area contributed by atoms with Gasteiger partial charge in [0.05, 0.1) is 18.8 Å². The smallest absolute Gasteiger partial charge is 0.318 e. The summed E-state index contributed by atoms with van der Waals surface area (Å²) in [6.07, 6.45) is 5.81. The van der Waals surface area contributed by atoms with E-state index in [0.717, 1.165) is 25.9 Å². The lowest BCUT2D eigenvalue weighted by molar-refractivity contribution is -0.0324. The van der Waals surface area contributed by atoms with Crippen LogP contribution in [0.3, 0.4) is 0 Å². The van der Waals surface area contributed by atoms with E-state index in [1.807, 2.05) is 31.1 Å². The molecular weight excluding hydrogens is 316 g/mol. The molecule has 0 unspecified atom stereocenters. The normalized spacial score (nSPS) is 27.1. The van der Waals surface area contributed by atoms with Crippen molar-refractivity contribution >= 4 is 6.03 Å². The van der Waals surface area contributed by atoms with Crippen molar-refractivity contribution in [2.75, 3.05) is 26.2 Å². The van der Waals surface area contributed by atoms with Crippen LogP contribution in [0.4, 0.5) is 4.79 Å². The average Bonchev–Trinajstić information content (AvgIpc) is 2.64. The summed E-state index contributed by atoms with van der Waals surface area (Å²) in [4.78, 5) is 21.1. The first-order valence-corrected chi connectivity index (χ1v) is 9.37. The summed E-state index contributed by atoms with van der Waals surface area (Å²) < 4.78 is 5.61. The van der Waals surface area contributed by atoms with Crippen LogP contribution in [-0.4, -0.2) is 65.2 Å². The maximum Gasteiger partial charge on any atom is 0.318 e. The lowest BCUT2D eigenvalue weighted by atomic mass is 10.0. The number of piperidine rings is 1. The third kappa shape index (κ3) is 4.50. The van der Waals surface area contributed by atoms with Gasteiger partial charge >= 0.3 is 6.03 Å². The lowest BCUT2D eigenvalue weighted by Gasteiger charge is -2.40. The van der Waals surface area contributed by atoms with Gasteiger partial charge in [0.25, 0.3) is 0 Å². The number of hydrogen-bond acceptors (Lipinski definition) is 4. The first kappa shape index (κ1) is 18.1. The van der Waals surface area contributed by atoms with Gasteiger partial charge in [0, 0.05) is 44.1 Å². The quantitative estimate of drug-likeness (QED) is 0.913. The molecule has 2 fully saturated rings. The molecule has 0 aromatic carbocycles. The van der Waals surface area contributed by atoms with Crippen molar-refractivity contribution < 1.29 is 9.53 Å². The molecule has 6 heteroatoms. The van der Waals surface area contributed by atoms with E-state index in [4.69, 9.17) is 4.74 Å². The SMILES string of the molecule is C[C@@H]1CN(C(=O)NC2CCN([C@@H](C)c3ccncc3)CC2)[C@H](C)CO1. The molecule has 1 aromatic rings. The molecule has 3 heterocycles. The van der Waals surface area contributed by atoms with Gasteiger partial charge in [-0.3, -0.25) is 9.88 Å². The molecular formula is C19H30N4O2. The number of aromatic nitrogens is 1. The van der Waals surface area contributed by atoms with E-state index in [0.29, 0.717) is 19.2 Å². The summed E-state index contributed by atoms with van der Waals surface area (Å²) in [5.74, 6) is 0. The van der Waals surface area contributed by atoms with E-state index in [1.54, 1.807) is 0 Å². The van der Waals surface area contributed by atoms with Gasteiger partial charge in [0.2, 0.25) is 0 Å². The van der Waals surface area contributed by atoms with Crippen molar-refractivity contribution in [1.82, 2.24) is 20.1 Å². The maximum atomic E-state index is 12.6. The zero-order valence-corrected chi connectivity index (χ0v) is 15.5. The molecule has 25 heavy (non-hydrogen) atoms. The number of nitrogens with zero attached hydrogens (tertiary/aromatic N) is 3. The monoisotopic (exact) mass is 346 g/mol. The molecule has 2 saturated heterocycles. The second-order valence-electron chi connectivity index (χ2n) is 7.36. The first-order chi connectivity index (χ1) is 12.0. The Kier molecular flexibility index (Phi) is 5.91. The molecule has 0 aliphatic carbocycles. The minimum Gasteiger partial charge on any atom is -0.375 e. The van der Waals surface area contributed by atoms with E-state index >= 15 is 0 Å². The van der Waals surface area contributed by atoms with Crippen LogP contribution in [-0.2, 0) is 4.74 Å². The summed E-state index contributed by atoms with van der Waals surface area (Å²) >= 11 is 0.